The first-order valence-electron chi connectivity index (χ1n) is 11.6. The lowest BCUT2D eigenvalue weighted by molar-refractivity contribution is -0.138. The lowest BCUT2D eigenvalue weighted by atomic mass is 10.0. The number of benzene rings is 1. The predicted molar refractivity (Wildman–Crippen MR) is 135 cm³/mol. The van der Waals surface area contributed by atoms with Crippen molar-refractivity contribution in [2.75, 3.05) is 13.1 Å². The Kier molecular flexibility index (Phi) is 11.5. The molecular weight excluding hydrogens is 482 g/mol. The number of hydrogen-bond acceptors (Lipinski definition) is 7. The van der Waals surface area contributed by atoms with Crippen LogP contribution in [0.3, 0.4) is 0 Å². The van der Waals surface area contributed by atoms with Crippen LogP contribution in [0, 0.1) is 0 Å². The van der Waals surface area contributed by atoms with Gasteiger partial charge in [-0.1, -0.05) is 30.3 Å². The topological polar surface area (TPSA) is 244 Å². The molecule has 3 amide bonds. The Labute approximate surface area is 213 Å². The molecule has 3 atom stereocenters. The number of nitrogens with zero attached hydrogens (tertiary/aromatic N) is 2. The van der Waals surface area contributed by atoms with Crippen LogP contribution in [0.5, 0.6) is 0 Å². The molecule has 2 aromatic rings. The average Bonchev–Trinajstić information content (AvgIpc) is 3.37. The Bertz CT molecular complexity index is 1060. The van der Waals surface area contributed by atoms with Crippen LogP contribution in [0.4, 0.5) is 0 Å². The minimum atomic E-state index is -1.24. The number of carbonyl (C=O) groups excluding carboxylic acids is 3. The summed E-state index contributed by atoms with van der Waals surface area (Å²) in [5, 5.41) is 16.4. The summed E-state index contributed by atoms with van der Waals surface area (Å²) >= 11 is 0. The van der Waals surface area contributed by atoms with Crippen molar-refractivity contribution in [2.45, 2.75) is 43.8 Å². The second-order valence-corrected chi connectivity index (χ2v) is 8.26. The van der Waals surface area contributed by atoms with Gasteiger partial charge in [0, 0.05) is 31.3 Å². The smallest absolute Gasteiger partial charge is 0.322 e. The molecule has 0 spiro atoms. The van der Waals surface area contributed by atoms with E-state index in [-0.39, 0.29) is 31.8 Å². The van der Waals surface area contributed by atoms with Crippen molar-refractivity contribution in [1.82, 2.24) is 25.9 Å². The van der Waals surface area contributed by atoms with E-state index in [1.165, 1.54) is 6.33 Å². The second-order valence-electron chi connectivity index (χ2n) is 8.26. The molecule has 14 nitrogen and oxygen atoms in total. The molecule has 1 aromatic heterocycles. The van der Waals surface area contributed by atoms with Crippen LogP contribution < -0.4 is 33.2 Å². The fourth-order valence-electron chi connectivity index (χ4n) is 3.39. The largest absolute Gasteiger partial charge is 0.480 e. The number of imidazole rings is 1. The number of carboxylic acid groups (broad SMARTS) is 1. The number of aliphatic imine (C=N–C) groups is 1. The summed E-state index contributed by atoms with van der Waals surface area (Å²) in [4.78, 5) is 60.2. The first kappa shape index (κ1) is 28.8. The summed E-state index contributed by atoms with van der Waals surface area (Å²) in [5.74, 6) is -3.25. The maximum Gasteiger partial charge on any atom is 0.322 e. The number of aliphatic carboxylic acids is 1. The van der Waals surface area contributed by atoms with Gasteiger partial charge in [-0.2, -0.15) is 0 Å². The highest BCUT2D eigenvalue weighted by atomic mass is 16.4. The number of nitrogens with one attached hydrogen (secondary N) is 4. The number of aromatic amines is 1. The normalized spacial score (nSPS) is 13.0. The Balaban J connectivity index is 2.15. The van der Waals surface area contributed by atoms with Gasteiger partial charge < -0.3 is 43.2 Å². The number of nitrogens with two attached hydrogens (primary N) is 3. The van der Waals surface area contributed by atoms with Crippen LogP contribution in [0.25, 0.3) is 0 Å². The first-order chi connectivity index (χ1) is 17.7. The number of carboxylic acids is 1. The molecule has 0 aliphatic carbocycles. The zero-order valence-corrected chi connectivity index (χ0v) is 20.2. The van der Waals surface area contributed by atoms with Crippen molar-refractivity contribution in [1.29, 1.82) is 0 Å². The fourth-order valence-corrected chi connectivity index (χ4v) is 3.39. The van der Waals surface area contributed by atoms with Crippen molar-refractivity contribution in [3.05, 3.63) is 54.1 Å². The van der Waals surface area contributed by atoms with Gasteiger partial charge in [-0.05, 0) is 18.4 Å². The molecule has 0 saturated carbocycles. The predicted octanol–water partition coefficient (Wildman–Crippen LogP) is -2.25. The molecule has 200 valence electrons. The zero-order valence-electron chi connectivity index (χ0n) is 20.2. The van der Waals surface area contributed by atoms with Crippen molar-refractivity contribution >= 4 is 29.7 Å². The molecule has 0 aliphatic rings. The van der Waals surface area contributed by atoms with Crippen LogP contribution in [-0.2, 0) is 32.0 Å². The second kappa shape index (κ2) is 14.8. The lowest BCUT2D eigenvalue weighted by Crippen LogP contribution is -2.57. The van der Waals surface area contributed by atoms with E-state index in [2.05, 4.69) is 30.9 Å². The van der Waals surface area contributed by atoms with Gasteiger partial charge in [-0.25, -0.2) is 4.98 Å². The Morgan fingerprint density at radius 3 is 2.32 bits per heavy atom. The summed E-state index contributed by atoms with van der Waals surface area (Å²) < 4.78 is 0. The molecule has 0 aliphatic heterocycles. The van der Waals surface area contributed by atoms with E-state index in [0.717, 1.165) is 5.56 Å². The first-order valence-corrected chi connectivity index (χ1v) is 11.6. The van der Waals surface area contributed by atoms with Crippen molar-refractivity contribution in [3.8, 4) is 0 Å². The van der Waals surface area contributed by atoms with Gasteiger partial charge in [0.15, 0.2) is 5.96 Å². The fraction of sp³-hybridized carbons (Fsp3) is 0.391. The van der Waals surface area contributed by atoms with E-state index in [0.29, 0.717) is 12.1 Å². The third-order valence-electron chi connectivity index (χ3n) is 5.24. The molecule has 1 aromatic carbocycles. The highest BCUT2D eigenvalue weighted by molar-refractivity contribution is 5.93. The maximum absolute atomic E-state index is 13.3. The van der Waals surface area contributed by atoms with Gasteiger partial charge in [-0.3, -0.25) is 24.2 Å². The Morgan fingerprint density at radius 1 is 1.00 bits per heavy atom. The van der Waals surface area contributed by atoms with Gasteiger partial charge >= 0.3 is 5.97 Å². The third-order valence-corrected chi connectivity index (χ3v) is 5.24. The summed E-state index contributed by atoms with van der Waals surface area (Å²) in [6.45, 7) is -0.417. The van der Waals surface area contributed by atoms with E-state index < -0.39 is 48.4 Å². The highest BCUT2D eigenvalue weighted by Gasteiger charge is 2.28. The minimum Gasteiger partial charge on any atom is -0.480 e. The summed E-state index contributed by atoms with van der Waals surface area (Å²) in [5.41, 5.74) is 18.1. The molecule has 0 saturated heterocycles. The third kappa shape index (κ3) is 10.8. The molecule has 0 fully saturated rings. The van der Waals surface area contributed by atoms with Crippen LogP contribution in [-0.4, -0.2) is 75.9 Å². The number of amides is 3. The molecule has 37 heavy (non-hydrogen) atoms. The minimum absolute atomic E-state index is 0.118. The quantitative estimate of drug-likeness (QED) is 0.0724. The van der Waals surface area contributed by atoms with Gasteiger partial charge in [0.1, 0.15) is 18.6 Å². The van der Waals surface area contributed by atoms with Crippen LogP contribution >= 0.6 is 0 Å². The zero-order chi connectivity index (χ0) is 27.2. The summed E-state index contributed by atoms with van der Waals surface area (Å²) in [6, 6.07) is 5.89. The SMILES string of the molecule is NC(N)=NCCCC(NC(=O)C(Cc1ccccc1)NC(=O)C(N)Cc1cnc[nH]1)C(=O)NCC(=O)O. The maximum atomic E-state index is 13.3. The van der Waals surface area contributed by atoms with E-state index in [1.54, 1.807) is 30.5 Å². The number of guanidine groups is 1. The van der Waals surface area contributed by atoms with Crippen LogP contribution in [0.2, 0.25) is 0 Å². The summed E-state index contributed by atoms with van der Waals surface area (Å²) in [7, 11) is 0. The average molecular weight is 516 g/mol. The van der Waals surface area contributed by atoms with Crippen molar-refractivity contribution < 1.29 is 24.3 Å². The Hall–Kier alpha value is -4.46. The Morgan fingerprint density at radius 2 is 1.70 bits per heavy atom. The van der Waals surface area contributed by atoms with E-state index in [1.807, 2.05) is 6.07 Å². The van der Waals surface area contributed by atoms with Crippen molar-refractivity contribution in [3.63, 3.8) is 0 Å². The van der Waals surface area contributed by atoms with Gasteiger partial charge in [0.2, 0.25) is 17.7 Å². The molecular formula is C23H33N9O5. The number of aromatic nitrogens is 2. The molecule has 14 heteroatoms. The molecule has 1 heterocycles. The summed E-state index contributed by atoms with van der Waals surface area (Å²) in [6.07, 6.45) is 3.77. The van der Waals surface area contributed by atoms with Gasteiger partial charge in [0.05, 0.1) is 12.4 Å². The van der Waals surface area contributed by atoms with Crippen LogP contribution in [0.1, 0.15) is 24.1 Å². The molecule has 2 rings (SSSR count). The number of H-pyrrole nitrogens is 1. The highest BCUT2D eigenvalue weighted by Crippen LogP contribution is 2.07. The van der Waals surface area contributed by atoms with Crippen molar-refractivity contribution in [2.24, 2.45) is 22.2 Å². The lowest BCUT2D eigenvalue weighted by Gasteiger charge is -2.24. The number of hydrogen-bond donors (Lipinski definition) is 8. The van der Waals surface area contributed by atoms with E-state index in [4.69, 9.17) is 22.3 Å². The van der Waals surface area contributed by atoms with E-state index >= 15 is 0 Å². The monoisotopic (exact) mass is 515 g/mol. The number of rotatable bonds is 15. The number of carbonyl (C=O) groups is 4. The standard InChI is InChI=1S/C23H33N9O5/c24-16(10-15-11-27-13-30-15)20(35)32-18(9-14-5-2-1-3-6-14)22(37)31-17(7-4-8-28-23(25)26)21(36)29-12-19(33)34/h1-3,5-6,11,13,16-18H,4,7-10,12,24H2,(H,27,30)(H,29,36)(H,31,37)(H,32,35)(H,33,34)(H4,25,26,28). The molecule has 11 N–H and O–H groups in total. The van der Waals surface area contributed by atoms with Crippen LogP contribution in [0.15, 0.2) is 47.8 Å². The molecule has 3 unspecified atom stereocenters. The molecule has 0 bridgehead atoms. The van der Waals surface area contributed by atoms with Gasteiger partial charge in [0.25, 0.3) is 0 Å². The van der Waals surface area contributed by atoms with Gasteiger partial charge in [-0.15, -0.1) is 0 Å². The molecule has 0 radical (unpaired) electrons. The van der Waals surface area contributed by atoms with E-state index in [9.17, 15) is 19.2 Å².